The zero-order chi connectivity index (χ0) is 13.8. The van der Waals surface area contributed by atoms with E-state index in [0.717, 1.165) is 24.4 Å². The molecule has 1 saturated heterocycles. The van der Waals surface area contributed by atoms with Gasteiger partial charge in [-0.05, 0) is 12.1 Å². The summed E-state index contributed by atoms with van der Waals surface area (Å²) < 4.78 is 13.1. The molecule has 19 heavy (non-hydrogen) atoms. The van der Waals surface area contributed by atoms with E-state index in [4.69, 9.17) is 0 Å². The Bertz CT molecular complexity index is 506. The summed E-state index contributed by atoms with van der Waals surface area (Å²) in [4.78, 5) is 21.7. The van der Waals surface area contributed by atoms with Crippen molar-refractivity contribution in [2.45, 2.75) is 6.04 Å². The van der Waals surface area contributed by atoms with E-state index >= 15 is 0 Å². The normalized spacial score (nSPS) is 18.9. The first-order valence-electron chi connectivity index (χ1n) is 5.64. The summed E-state index contributed by atoms with van der Waals surface area (Å²) in [5, 5.41) is 16.2. The third kappa shape index (κ3) is 3.42. The Balaban J connectivity index is 2.08. The van der Waals surface area contributed by atoms with Crippen molar-refractivity contribution in [2.75, 3.05) is 23.4 Å². The van der Waals surface area contributed by atoms with E-state index in [2.05, 4.69) is 10.6 Å². The molecule has 8 heteroatoms. The lowest BCUT2D eigenvalue weighted by Gasteiger charge is -2.22. The van der Waals surface area contributed by atoms with Crippen LogP contribution in [-0.2, 0) is 4.79 Å². The van der Waals surface area contributed by atoms with Crippen LogP contribution in [0.4, 0.5) is 15.8 Å². The van der Waals surface area contributed by atoms with E-state index in [1.54, 1.807) is 11.8 Å². The van der Waals surface area contributed by atoms with E-state index in [0.29, 0.717) is 5.75 Å². The number of carbonyl (C=O) groups is 1. The number of amides is 1. The lowest BCUT2D eigenvalue weighted by Crippen LogP contribution is -2.46. The van der Waals surface area contributed by atoms with Crippen molar-refractivity contribution in [3.63, 3.8) is 0 Å². The fraction of sp³-hybridized carbons (Fsp3) is 0.364. The van der Waals surface area contributed by atoms with Gasteiger partial charge in [-0.15, -0.1) is 0 Å². The summed E-state index contributed by atoms with van der Waals surface area (Å²) in [5.74, 6) is 0.406. The molecule has 1 fully saturated rings. The number of nitro benzene ring substituents is 1. The van der Waals surface area contributed by atoms with Gasteiger partial charge in [0.25, 0.3) is 0 Å². The van der Waals surface area contributed by atoms with Crippen LogP contribution in [0, 0.1) is 15.9 Å². The van der Waals surface area contributed by atoms with Crippen molar-refractivity contribution < 1.29 is 14.1 Å². The van der Waals surface area contributed by atoms with Crippen LogP contribution in [0.1, 0.15) is 0 Å². The van der Waals surface area contributed by atoms with Gasteiger partial charge in [0.15, 0.2) is 0 Å². The highest BCUT2D eigenvalue weighted by atomic mass is 32.2. The number of nitrogens with one attached hydrogen (secondary N) is 2. The molecule has 1 amide bonds. The number of hydrogen-bond acceptors (Lipinski definition) is 5. The second-order valence-electron chi connectivity index (χ2n) is 3.99. The molecule has 102 valence electrons. The molecular formula is C11H12FN3O3S. The van der Waals surface area contributed by atoms with E-state index in [-0.39, 0.29) is 17.6 Å². The molecule has 0 aliphatic carbocycles. The van der Waals surface area contributed by atoms with Gasteiger partial charge in [-0.25, -0.2) is 0 Å². The predicted octanol–water partition coefficient (Wildman–Crippen LogP) is 1.38. The topological polar surface area (TPSA) is 84.3 Å². The predicted molar refractivity (Wildman–Crippen MR) is 70.8 cm³/mol. The average Bonchev–Trinajstić information content (AvgIpc) is 2.41. The molecule has 0 saturated carbocycles. The molecule has 0 aromatic heterocycles. The Labute approximate surface area is 112 Å². The van der Waals surface area contributed by atoms with Crippen LogP contribution in [0.3, 0.4) is 0 Å². The van der Waals surface area contributed by atoms with Crippen molar-refractivity contribution in [1.29, 1.82) is 0 Å². The highest BCUT2D eigenvalue weighted by Crippen LogP contribution is 2.22. The molecule has 0 spiro atoms. The van der Waals surface area contributed by atoms with Gasteiger partial charge in [-0.2, -0.15) is 16.2 Å². The maximum atomic E-state index is 13.1. The Morgan fingerprint density at radius 1 is 1.58 bits per heavy atom. The molecule has 2 rings (SSSR count). The molecule has 1 atom stereocenters. The zero-order valence-corrected chi connectivity index (χ0v) is 10.7. The first-order valence-corrected chi connectivity index (χ1v) is 6.79. The van der Waals surface area contributed by atoms with Crippen LogP contribution in [0.15, 0.2) is 18.2 Å². The fourth-order valence-electron chi connectivity index (χ4n) is 1.69. The first-order chi connectivity index (χ1) is 9.08. The van der Waals surface area contributed by atoms with Crippen molar-refractivity contribution in [2.24, 2.45) is 0 Å². The monoisotopic (exact) mass is 285 g/mol. The zero-order valence-electron chi connectivity index (χ0n) is 9.89. The average molecular weight is 285 g/mol. The number of nitro groups is 1. The van der Waals surface area contributed by atoms with Crippen molar-refractivity contribution in [3.8, 4) is 0 Å². The number of anilines is 1. The minimum absolute atomic E-state index is 0.218. The maximum absolute atomic E-state index is 13.1. The summed E-state index contributed by atoms with van der Waals surface area (Å²) in [6.45, 7) is 0.742. The molecule has 1 aromatic carbocycles. The van der Waals surface area contributed by atoms with Gasteiger partial charge in [-0.1, -0.05) is 0 Å². The quantitative estimate of drug-likeness (QED) is 0.647. The number of carbonyl (C=O) groups excluding carboxylic acids is 1. The molecular weight excluding hydrogens is 273 g/mol. The van der Waals surface area contributed by atoms with Gasteiger partial charge in [0, 0.05) is 29.8 Å². The fourth-order valence-corrected chi connectivity index (χ4v) is 2.63. The maximum Gasteiger partial charge on any atom is 0.306 e. The number of rotatable bonds is 3. The molecule has 2 N–H and O–H groups in total. The number of benzene rings is 1. The van der Waals surface area contributed by atoms with Crippen LogP contribution in [0.2, 0.25) is 0 Å². The molecule has 0 radical (unpaired) electrons. The Morgan fingerprint density at radius 3 is 3.00 bits per heavy atom. The molecule has 1 unspecified atom stereocenters. The Hall–Kier alpha value is -1.67. The Kier molecular flexibility index (Phi) is 4.33. The van der Waals surface area contributed by atoms with E-state index in [9.17, 15) is 19.3 Å². The van der Waals surface area contributed by atoms with Gasteiger partial charge in [0.1, 0.15) is 0 Å². The number of nitrogens with zero attached hydrogens (tertiary/aromatic N) is 1. The molecule has 1 aliphatic rings. The van der Waals surface area contributed by atoms with Gasteiger partial charge < -0.3 is 10.6 Å². The van der Waals surface area contributed by atoms with Crippen LogP contribution in [0.5, 0.6) is 0 Å². The van der Waals surface area contributed by atoms with E-state index < -0.39 is 16.4 Å². The van der Waals surface area contributed by atoms with Crippen LogP contribution in [0.25, 0.3) is 0 Å². The summed E-state index contributed by atoms with van der Waals surface area (Å²) in [6.07, 6.45) is 0. The SMILES string of the molecule is O=C(Nc1ccc(F)c([N+](=O)[O-])c1)C1CSCCN1. The summed E-state index contributed by atoms with van der Waals surface area (Å²) in [7, 11) is 0. The van der Waals surface area contributed by atoms with Crippen molar-refractivity contribution in [3.05, 3.63) is 34.1 Å². The lowest BCUT2D eigenvalue weighted by atomic mass is 10.2. The molecule has 0 bridgehead atoms. The van der Waals surface area contributed by atoms with Crippen LogP contribution < -0.4 is 10.6 Å². The second-order valence-corrected chi connectivity index (χ2v) is 5.14. The smallest absolute Gasteiger partial charge is 0.306 e. The first kappa shape index (κ1) is 13.8. The van der Waals surface area contributed by atoms with Gasteiger partial charge in [0.2, 0.25) is 11.7 Å². The lowest BCUT2D eigenvalue weighted by molar-refractivity contribution is -0.387. The number of thioether (sulfide) groups is 1. The summed E-state index contributed by atoms with van der Waals surface area (Å²) in [6, 6.07) is 2.96. The minimum atomic E-state index is -0.922. The third-order valence-corrected chi connectivity index (χ3v) is 3.71. The van der Waals surface area contributed by atoms with Crippen LogP contribution >= 0.6 is 11.8 Å². The highest BCUT2D eigenvalue weighted by Gasteiger charge is 2.22. The van der Waals surface area contributed by atoms with E-state index in [1.165, 1.54) is 6.07 Å². The number of halogens is 1. The van der Waals surface area contributed by atoms with Crippen molar-refractivity contribution in [1.82, 2.24) is 5.32 Å². The third-order valence-electron chi connectivity index (χ3n) is 2.65. The van der Waals surface area contributed by atoms with Crippen LogP contribution in [-0.4, -0.2) is 34.9 Å². The Morgan fingerprint density at radius 2 is 2.37 bits per heavy atom. The highest BCUT2D eigenvalue weighted by molar-refractivity contribution is 7.99. The molecule has 1 aromatic rings. The van der Waals surface area contributed by atoms with Gasteiger partial charge >= 0.3 is 5.69 Å². The molecule has 1 heterocycles. The molecule has 1 aliphatic heterocycles. The minimum Gasteiger partial charge on any atom is -0.324 e. The van der Waals surface area contributed by atoms with Gasteiger partial charge in [-0.3, -0.25) is 14.9 Å². The largest absolute Gasteiger partial charge is 0.324 e. The van der Waals surface area contributed by atoms with Crippen molar-refractivity contribution >= 4 is 29.0 Å². The number of hydrogen-bond donors (Lipinski definition) is 2. The van der Waals surface area contributed by atoms with Gasteiger partial charge in [0.05, 0.1) is 11.0 Å². The molecule has 6 nitrogen and oxygen atoms in total. The summed E-state index contributed by atoms with van der Waals surface area (Å²) in [5.41, 5.74) is -0.431. The second kappa shape index (κ2) is 5.98. The summed E-state index contributed by atoms with van der Waals surface area (Å²) >= 11 is 1.66. The standard InChI is InChI=1S/C11H12FN3O3S/c12-8-2-1-7(5-10(8)15(17)18)14-11(16)9-6-19-4-3-13-9/h1-2,5,9,13H,3-4,6H2,(H,14,16). The van der Waals surface area contributed by atoms with E-state index in [1.807, 2.05) is 0 Å².